The van der Waals surface area contributed by atoms with Crippen LogP contribution in [0.5, 0.6) is 0 Å². The van der Waals surface area contributed by atoms with Gasteiger partial charge in [0.05, 0.1) is 0 Å². The van der Waals surface area contributed by atoms with Crippen molar-refractivity contribution in [3.8, 4) is 0 Å². The summed E-state index contributed by atoms with van der Waals surface area (Å²) in [5.74, 6) is 3.25. The third-order valence-electron chi connectivity index (χ3n) is 7.66. The molecule has 2 heterocycles. The topological polar surface area (TPSA) is 24.7 Å². The van der Waals surface area contributed by atoms with Crippen molar-refractivity contribution in [2.24, 2.45) is 33.7 Å². The number of benzene rings is 2. The predicted octanol–water partition coefficient (Wildman–Crippen LogP) is 5.24. The van der Waals surface area contributed by atoms with Gasteiger partial charge in [-0.1, -0.05) is 0 Å². The van der Waals surface area contributed by atoms with Gasteiger partial charge in [-0.25, -0.2) is 0 Å². The van der Waals surface area contributed by atoms with Crippen molar-refractivity contribution in [3.63, 3.8) is 0 Å². The molecule has 0 spiro atoms. The van der Waals surface area contributed by atoms with E-state index in [2.05, 4.69) is 38.1 Å². The Morgan fingerprint density at radius 1 is 0.600 bits per heavy atom. The van der Waals surface area contributed by atoms with Crippen LogP contribution >= 0.6 is 0 Å². The third-order valence-corrected chi connectivity index (χ3v) is 12.7. The summed E-state index contributed by atoms with van der Waals surface area (Å²) >= 11 is 0.762. The summed E-state index contributed by atoms with van der Waals surface area (Å²) in [5.41, 5.74) is 2.46. The van der Waals surface area contributed by atoms with Gasteiger partial charge in [-0.2, -0.15) is 0 Å². The average molecular weight is 528 g/mol. The molecule has 2 aliphatic heterocycles. The number of rotatable bonds is 2. The zero-order chi connectivity index (χ0) is 20.2. The Bertz CT molecular complexity index is 969. The summed E-state index contributed by atoms with van der Waals surface area (Å²) in [4.78, 5) is 10.5. The van der Waals surface area contributed by atoms with Gasteiger partial charge in [0.25, 0.3) is 0 Å². The Balaban J connectivity index is 1.37. The Kier molecular flexibility index (Phi) is 5.19. The van der Waals surface area contributed by atoms with Gasteiger partial charge in [0.2, 0.25) is 0 Å². The second kappa shape index (κ2) is 7.89. The molecule has 30 heavy (non-hydrogen) atoms. The van der Waals surface area contributed by atoms with Gasteiger partial charge in [0, 0.05) is 0 Å². The van der Waals surface area contributed by atoms with E-state index in [-0.39, 0.29) is 0 Å². The quantitative estimate of drug-likeness (QED) is 0.477. The van der Waals surface area contributed by atoms with Gasteiger partial charge >= 0.3 is 193 Å². The van der Waals surface area contributed by atoms with E-state index >= 15 is 0 Å². The van der Waals surface area contributed by atoms with Crippen molar-refractivity contribution >= 4 is 70.2 Å². The van der Waals surface area contributed by atoms with Gasteiger partial charge in [0.15, 0.2) is 0 Å². The Hall–Kier alpha value is -0.921. The first-order chi connectivity index (χ1) is 14.7. The van der Waals surface area contributed by atoms with Crippen LogP contribution in [0.2, 0.25) is 0 Å². The summed E-state index contributed by atoms with van der Waals surface area (Å²) in [6.45, 7) is 4.82. The number of aliphatic imine (C=N–C) groups is 2. The van der Waals surface area contributed by atoms with Crippen LogP contribution in [0.25, 0.3) is 10.8 Å². The summed E-state index contributed by atoms with van der Waals surface area (Å²) in [5, 5.41) is 2.89. The molecule has 2 aromatic rings. The van der Waals surface area contributed by atoms with E-state index in [0.29, 0.717) is 29.9 Å². The predicted molar refractivity (Wildman–Crippen MR) is 131 cm³/mol. The van der Waals surface area contributed by atoms with Crippen LogP contribution in [-0.2, 0) is 0 Å². The zero-order valence-corrected chi connectivity index (χ0v) is 21.4. The van der Waals surface area contributed by atoms with Crippen molar-refractivity contribution in [2.45, 2.75) is 65.2 Å². The van der Waals surface area contributed by atoms with Crippen LogP contribution < -0.4 is 8.92 Å². The van der Waals surface area contributed by atoms with Gasteiger partial charge in [0.1, 0.15) is 0 Å². The molecule has 2 aromatic carbocycles. The molecule has 0 bridgehead atoms. The summed E-state index contributed by atoms with van der Waals surface area (Å²) < 4.78 is 6.13. The third kappa shape index (κ3) is 3.45. The molecular weight excluding hydrogens is 498 g/mol. The first kappa shape index (κ1) is 19.7. The van der Waals surface area contributed by atoms with Crippen molar-refractivity contribution < 1.29 is 0 Å². The van der Waals surface area contributed by atoms with E-state index in [4.69, 9.17) is 9.98 Å². The van der Waals surface area contributed by atoms with Crippen LogP contribution in [0.15, 0.2) is 34.3 Å². The van der Waals surface area contributed by atoms with Crippen molar-refractivity contribution in [1.82, 2.24) is 0 Å². The maximum atomic E-state index is 5.27. The zero-order valence-electron chi connectivity index (χ0n) is 18.0. The molecular formula is C26H30N2Se2. The summed E-state index contributed by atoms with van der Waals surface area (Å²) in [6.07, 6.45) is 10.9. The molecule has 0 saturated heterocycles. The van der Waals surface area contributed by atoms with Gasteiger partial charge in [-0.15, -0.1) is 0 Å². The standard InChI is InChI=1S/C26H30N2Se2/c1-15-3-7-17(8-4-15)25-27-19-11-14-22-24-20(12-13-21(29-25)23(19)24)28-26(30-22)18-9-5-16(2)6-10-18/h11-18H,3-10H2,1-2H3. The SMILES string of the molecule is CC1CCC(C2=Nc3ccc4c5c(ccc(c35)[Se]2)N=C(C2CCC(C)CC2)[Se]4)CC1. The average Bonchev–Trinajstić information content (AvgIpc) is 2.78. The first-order valence-corrected chi connectivity index (χ1v) is 15.2. The van der Waals surface area contributed by atoms with Gasteiger partial charge in [-0.3, -0.25) is 0 Å². The van der Waals surface area contributed by atoms with E-state index in [1.165, 1.54) is 82.7 Å². The fourth-order valence-corrected chi connectivity index (χ4v) is 10.7. The minimum atomic E-state index is 0.381. The van der Waals surface area contributed by atoms with Crippen molar-refractivity contribution in [3.05, 3.63) is 24.3 Å². The van der Waals surface area contributed by atoms with E-state index in [0.717, 1.165) is 23.7 Å². The van der Waals surface area contributed by atoms with E-state index < -0.39 is 0 Å². The Morgan fingerprint density at radius 3 is 1.40 bits per heavy atom. The van der Waals surface area contributed by atoms with E-state index in [1.54, 1.807) is 8.92 Å². The number of hydrogen-bond donors (Lipinski definition) is 0. The fourth-order valence-electron chi connectivity index (χ4n) is 5.63. The monoisotopic (exact) mass is 530 g/mol. The van der Waals surface area contributed by atoms with Crippen LogP contribution in [0, 0.1) is 23.7 Å². The van der Waals surface area contributed by atoms with Gasteiger partial charge in [-0.05, 0) is 0 Å². The van der Waals surface area contributed by atoms with E-state index in [9.17, 15) is 0 Å². The molecule has 0 unspecified atom stereocenters. The van der Waals surface area contributed by atoms with E-state index in [1.807, 2.05) is 0 Å². The second-order valence-corrected chi connectivity index (χ2v) is 14.4. The molecule has 6 rings (SSSR count). The Labute approximate surface area is 192 Å². The molecule has 0 radical (unpaired) electrons. The van der Waals surface area contributed by atoms with Crippen LogP contribution in [-0.4, -0.2) is 39.1 Å². The van der Waals surface area contributed by atoms with Crippen LogP contribution in [0.1, 0.15) is 65.2 Å². The van der Waals surface area contributed by atoms with Crippen molar-refractivity contribution in [2.75, 3.05) is 0 Å². The van der Waals surface area contributed by atoms with Crippen LogP contribution in [0.4, 0.5) is 11.4 Å². The molecule has 0 atom stereocenters. The van der Waals surface area contributed by atoms with Crippen molar-refractivity contribution in [1.29, 1.82) is 0 Å². The molecule has 2 saturated carbocycles. The molecule has 4 heteroatoms. The second-order valence-electron chi connectivity index (χ2n) is 9.93. The van der Waals surface area contributed by atoms with Gasteiger partial charge < -0.3 is 0 Å². The molecule has 0 N–H and O–H groups in total. The molecule has 0 amide bonds. The molecule has 0 aromatic heterocycles. The Morgan fingerprint density at radius 2 is 1.00 bits per heavy atom. The molecule has 2 nitrogen and oxygen atoms in total. The molecule has 2 fully saturated rings. The normalized spacial score (nSPS) is 30.7. The number of hydrogen-bond acceptors (Lipinski definition) is 2. The van der Waals surface area contributed by atoms with Crippen LogP contribution in [0.3, 0.4) is 0 Å². The minimum absolute atomic E-state index is 0.381. The molecule has 4 aliphatic rings. The molecule has 2 aliphatic carbocycles. The molecule has 156 valence electrons. The summed E-state index contributed by atoms with van der Waals surface area (Å²) in [6, 6.07) is 9.46. The maximum absolute atomic E-state index is 5.27. The number of nitrogens with zero attached hydrogens (tertiary/aromatic N) is 2. The summed E-state index contributed by atoms with van der Waals surface area (Å²) in [7, 11) is 0. The fraction of sp³-hybridized carbons (Fsp3) is 0.538. The first-order valence-electron chi connectivity index (χ1n) is 11.8.